The fourth-order valence-corrected chi connectivity index (χ4v) is 3.14. The molecule has 0 spiro atoms. The van der Waals surface area contributed by atoms with Gasteiger partial charge in [-0.05, 0) is 36.1 Å². The third kappa shape index (κ3) is 2.63. The number of rotatable bonds is 5. The molecule has 0 amide bonds. The lowest BCUT2D eigenvalue weighted by molar-refractivity contribution is 0.682. The molecule has 2 aromatic heterocycles. The Bertz CT molecular complexity index is 687. The van der Waals surface area contributed by atoms with Crippen LogP contribution in [0.15, 0.2) is 35.7 Å². The summed E-state index contributed by atoms with van der Waals surface area (Å²) in [5.41, 5.74) is 8.44. The van der Waals surface area contributed by atoms with E-state index < -0.39 is 0 Å². The molecule has 2 heterocycles. The standard InChI is InChI=1S/C15H18N4S/c1-2-4-12(14-5-3-8-20-14)18-15-17-11-7-6-10(16)9-13(11)19-15/h3,5-9,12H,2,4,16H2,1H3,(H2,17,18,19). The molecule has 4 N–H and O–H groups in total. The number of H-pyrrole nitrogens is 1. The van der Waals surface area contributed by atoms with Crippen LogP contribution < -0.4 is 11.1 Å². The first kappa shape index (κ1) is 13.0. The van der Waals surface area contributed by atoms with Crippen LogP contribution in [0.5, 0.6) is 0 Å². The van der Waals surface area contributed by atoms with Crippen molar-refractivity contribution in [2.45, 2.75) is 25.8 Å². The van der Waals surface area contributed by atoms with E-state index in [4.69, 9.17) is 5.73 Å². The number of hydrogen-bond donors (Lipinski definition) is 3. The van der Waals surface area contributed by atoms with Gasteiger partial charge in [-0.25, -0.2) is 4.98 Å². The van der Waals surface area contributed by atoms with Crippen molar-refractivity contribution in [2.24, 2.45) is 0 Å². The van der Waals surface area contributed by atoms with Crippen LogP contribution in [0.4, 0.5) is 11.6 Å². The number of anilines is 2. The van der Waals surface area contributed by atoms with Crippen molar-refractivity contribution < 1.29 is 0 Å². The molecule has 1 atom stereocenters. The van der Waals surface area contributed by atoms with Gasteiger partial charge >= 0.3 is 0 Å². The van der Waals surface area contributed by atoms with Gasteiger partial charge in [0, 0.05) is 10.6 Å². The van der Waals surface area contributed by atoms with Crippen LogP contribution in [0.3, 0.4) is 0 Å². The molecule has 0 aliphatic rings. The highest BCUT2D eigenvalue weighted by atomic mass is 32.1. The Balaban J connectivity index is 1.86. The zero-order chi connectivity index (χ0) is 13.9. The van der Waals surface area contributed by atoms with E-state index in [1.165, 1.54) is 4.88 Å². The molecule has 3 rings (SSSR count). The number of hydrogen-bond acceptors (Lipinski definition) is 4. The molecule has 0 saturated heterocycles. The average molecular weight is 286 g/mol. The summed E-state index contributed by atoms with van der Waals surface area (Å²) in [6, 6.07) is 10.3. The van der Waals surface area contributed by atoms with Crippen molar-refractivity contribution in [2.75, 3.05) is 11.1 Å². The molecular weight excluding hydrogens is 268 g/mol. The maximum Gasteiger partial charge on any atom is 0.201 e. The SMILES string of the molecule is CCCC(Nc1nc2ccc(N)cc2[nH]1)c1cccs1. The molecule has 104 valence electrons. The second-order valence-electron chi connectivity index (χ2n) is 4.86. The Labute approximate surface area is 122 Å². The summed E-state index contributed by atoms with van der Waals surface area (Å²) in [6.45, 7) is 2.20. The lowest BCUT2D eigenvalue weighted by Gasteiger charge is -2.15. The maximum atomic E-state index is 5.79. The second-order valence-corrected chi connectivity index (χ2v) is 5.84. The van der Waals surface area contributed by atoms with Gasteiger partial charge in [0.25, 0.3) is 0 Å². The number of nitrogens with two attached hydrogens (primary N) is 1. The Hall–Kier alpha value is -2.01. The molecule has 5 heteroatoms. The second kappa shape index (κ2) is 5.54. The van der Waals surface area contributed by atoms with E-state index in [1.807, 2.05) is 18.2 Å². The van der Waals surface area contributed by atoms with Crippen LogP contribution in [-0.4, -0.2) is 9.97 Å². The van der Waals surface area contributed by atoms with Gasteiger partial charge in [-0.3, -0.25) is 0 Å². The summed E-state index contributed by atoms with van der Waals surface area (Å²) in [6.07, 6.45) is 2.21. The highest BCUT2D eigenvalue weighted by Gasteiger charge is 2.13. The first-order chi connectivity index (χ1) is 9.76. The topological polar surface area (TPSA) is 66.7 Å². The molecule has 0 aliphatic carbocycles. The molecule has 0 radical (unpaired) electrons. The quantitative estimate of drug-likeness (QED) is 0.617. The van der Waals surface area contributed by atoms with E-state index in [-0.39, 0.29) is 0 Å². The smallest absolute Gasteiger partial charge is 0.201 e. The fourth-order valence-electron chi connectivity index (χ4n) is 2.32. The molecule has 3 aromatic rings. The van der Waals surface area contributed by atoms with Gasteiger partial charge in [0.15, 0.2) is 0 Å². The summed E-state index contributed by atoms with van der Waals surface area (Å²) in [7, 11) is 0. The van der Waals surface area contributed by atoms with Gasteiger partial charge in [0.1, 0.15) is 0 Å². The minimum Gasteiger partial charge on any atom is -0.399 e. The zero-order valence-electron chi connectivity index (χ0n) is 11.4. The van der Waals surface area contributed by atoms with Crippen LogP contribution in [0, 0.1) is 0 Å². The van der Waals surface area contributed by atoms with Gasteiger partial charge in [-0.1, -0.05) is 19.4 Å². The van der Waals surface area contributed by atoms with Crippen LogP contribution >= 0.6 is 11.3 Å². The van der Waals surface area contributed by atoms with Gasteiger partial charge in [-0.15, -0.1) is 11.3 Å². The number of thiophene rings is 1. The van der Waals surface area contributed by atoms with Gasteiger partial charge < -0.3 is 16.0 Å². The van der Waals surface area contributed by atoms with Gasteiger partial charge in [0.05, 0.1) is 17.1 Å². The van der Waals surface area contributed by atoms with Gasteiger partial charge in [-0.2, -0.15) is 0 Å². The van der Waals surface area contributed by atoms with Crippen molar-refractivity contribution >= 4 is 34.0 Å². The first-order valence-electron chi connectivity index (χ1n) is 6.81. The molecule has 4 nitrogen and oxygen atoms in total. The van der Waals surface area contributed by atoms with Crippen LogP contribution in [0.2, 0.25) is 0 Å². The number of nitrogens with one attached hydrogen (secondary N) is 2. The van der Waals surface area contributed by atoms with E-state index in [0.717, 1.165) is 35.5 Å². The third-order valence-electron chi connectivity index (χ3n) is 3.28. The molecule has 0 fully saturated rings. The Kier molecular flexibility index (Phi) is 3.60. The zero-order valence-corrected chi connectivity index (χ0v) is 12.2. The van der Waals surface area contributed by atoms with Gasteiger partial charge in [0.2, 0.25) is 5.95 Å². The number of nitrogen functional groups attached to an aromatic ring is 1. The highest BCUT2D eigenvalue weighted by molar-refractivity contribution is 7.10. The largest absolute Gasteiger partial charge is 0.399 e. The number of nitrogens with zero attached hydrogens (tertiary/aromatic N) is 1. The summed E-state index contributed by atoms with van der Waals surface area (Å²) < 4.78 is 0. The summed E-state index contributed by atoms with van der Waals surface area (Å²) in [5.74, 6) is 0.803. The monoisotopic (exact) mass is 286 g/mol. The van der Waals surface area contributed by atoms with E-state index in [9.17, 15) is 0 Å². The van der Waals surface area contributed by atoms with E-state index in [2.05, 4.69) is 39.7 Å². The highest BCUT2D eigenvalue weighted by Crippen LogP contribution is 2.27. The summed E-state index contributed by atoms with van der Waals surface area (Å²) >= 11 is 1.78. The lowest BCUT2D eigenvalue weighted by atomic mass is 10.1. The molecule has 0 bridgehead atoms. The molecule has 0 saturated carbocycles. The Morgan fingerprint density at radius 2 is 2.30 bits per heavy atom. The normalized spacial score (nSPS) is 12.7. The van der Waals surface area contributed by atoms with E-state index >= 15 is 0 Å². The molecule has 1 aromatic carbocycles. The average Bonchev–Trinajstić information content (AvgIpc) is 3.06. The lowest BCUT2D eigenvalue weighted by Crippen LogP contribution is -2.10. The number of imidazole rings is 1. The predicted molar refractivity (Wildman–Crippen MR) is 86.1 cm³/mol. The molecular formula is C15H18N4S. The summed E-state index contributed by atoms with van der Waals surface area (Å²) in [5, 5.41) is 5.60. The first-order valence-corrected chi connectivity index (χ1v) is 7.69. The minimum absolute atomic E-state index is 0.304. The molecule has 20 heavy (non-hydrogen) atoms. The van der Waals surface area contributed by atoms with E-state index in [0.29, 0.717) is 6.04 Å². The Morgan fingerprint density at radius 3 is 3.05 bits per heavy atom. The van der Waals surface area contributed by atoms with Crippen molar-refractivity contribution in [3.05, 3.63) is 40.6 Å². The fraction of sp³-hybridized carbons (Fsp3) is 0.267. The number of aromatic nitrogens is 2. The maximum absolute atomic E-state index is 5.79. The van der Waals surface area contributed by atoms with Crippen LogP contribution in [0.25, 0.3) is 11.0 Å². The van der Waals surface area contributed by atoms with Crippen molar-refractivity contribution in [3.8, 4) is 0 Å². The van der Waals surface area contributed by atoms with Crippen molar-refractivity contribution in [1.29, 1.82) is 0 Å². The van der Waals surface area contributed by atoms with Crippen molar-refractivity contribution in [3.63, 3.8) is 0 Å². The van der Waals surface area contributed by atoms with Crippen LogP contribution in [0.1, 0.15) is 30.7 Å². The molecule has 1 unspecified atom stereocenters. The van der Waals surface area contributed by atoms with Crippen LogP contribution in [-0.2, 0) is 0 Å². The minimum atomic E-state index is 0.304. The Morgan fingerprint density at radius 1 is 1.40 bits per heavy atom. The van der Waals surface area contributed by atoms with E-state index in [1.54, 1.807) is 11.3 Å². The number of fused-ring (bicyclic) bond motifs is 1. The van der Waals surface area contributed by atoms with Crippen molar-refractivity contribution in [1.82, 2.24) is 9.97 Å². The molecule has 0 aliphatic heterocycles. The number of benzene rings is 1. The summed E-state index contributed by atoms with van der Waals surface area (Å²) in [4.78, 5) is 9.20. The number of aromatic amines is 1. The predicted octanol–water partition coefficient (Wildman–Crippen LogP) is 4.16. The third-order valence-corrected chi connectivity index (χ3v) is 4.27.